The zero-order chi connectivity index (χ0) is 9.97. The number of aldehydes is 1. The van der Waals surface area contributed by atoms with Gasteiger partial charge in [-0.3, -0.25) is 9.59 Å². The van der Waals surface area contributed by atoms with Crippen molar-refractivity contribution in [2.45, 2.75) is 25.2 Å². The van der Waals surface area contributed by atoms with Crippen molar-refractivity contribution in [1.82, 2.24) is 0 Å². The molecule has 1 unspecified atom stereocenters. The lowest BCUT2D eigenvalue weighted by Gasteiger charge is -2.07. The van der Waals surface area contributed by atoms with E-state index in [0.717, 1.165) is 24.7 Å². The van der Waals surface area contributed by atoms with Crippen LogP contribution in [0.15, 0.2) is 24.3 Å². The van der Waals surface area contributed by atoms with E-state index in [9.17, 15) is 9.59 Å². The monoisotopic (exact) mass is 188 g/mol. The summed E-state index contributed by atoms with van der Waals surface area (Å²) >= 11 is 0. The van der Waals surface area contributed by atoms with Crippen LogP contribution in [0.1, 0.15) is 41.1 Å². The quantitative estimate of drug-likeness (QED) is 0.667. The zero-order valence-electron chi connectivity index (χ0n) is 7.90. The molecule has 1 aromatic carbocycles. The molecular weight excluding hydrogens is 176 g/mol. The molecule has 2 rings (SSSR count). The standard InChI is InChI=1S/C12H12O2/c13-8-9-4-6-10(7-5-9)11-2-1-3-12(11)14/h4-8,11H,1-3H2. The van der Waals surface area contributed by atoms with Crippen LogP contribution >= 0.6 is 0 Å². The van der Waals surface area contributed by atoms with Gasteiger partial charge in [0.15, 0.2) is 0 Å². The number of hydrogen-bond acceptors (Lipinski definition) is 2. The number of carbonyl (C=O) groups is 2. The molecule has 0 saturated heterocycles. The summed E-state index contributed by atoms with van der Waals surface area (Å²) in [7, 11) is 0. The average molecular weight is 188 g/mol. The maximum absolute atomic E-state index is 11.5. The van der Waals surface area contributed by atoms with E-state index in [-0.39, 0.29) is 5.92 Å². The molecule has 2 heteroatoms. The predicted octanol–water partition coefficient (Wildman–Crippen LogP) is 2.34. The minimum Gasteiger partial charge on any atom is -0.299 e. The number of rotatable bonds is 2. The lowest BCUT2D eigenvalue weighted by molar-refractivity contribution is -0.118. The van der Waals surface area contributed by atoms with Gasteiger partial charge in [-0.1, -0.05) is 24.3 Å². The Balaban J connectivity index is 2.24. The van der Waals surface area contributed by atoms with Gasteiger partial charge in [0.2, 0.25) is 0 Å². The summed E-state index contributed by atoms with van der Waals surface area (Å²) in [4.78, 5) is 21.9. The molecule has 0 N–H and O–H groups in total. The third-order valence-electron chi connectivity index (χ3n) is 2.78. The highest BCUT2D eigenvalue weighted by atomic mass is 16.1. The van der Waals surface area contributed by atoms with Crippen molar-refractivity contribution in [2.75, 3.05) is 0 Å². The minimum atomic E-state index is 0.0794. The third kappa shape index (κ3) is 1.60. The highest BCUT2D eigenvalue weighted by Gasteiger charge is 2.25. The Morgan fingerprint density at radius 1 is 1.21 bits per heavy atom. The first-order valence-electron chi connectivity index (χ1n) is 4.89. The molecule has 1 saturated carbocycles. The van der Waals surface area contributed by atoms with Gasteiger partial charge in [0.05, 0.1) is 0 Å². The minimum absolute atomic E-state index is 0.0794. The van der Waals surface area contributed by atoms with Gasteiger partial charge in [-0.25, -0.2) is 0 Å². The molecule has 1 fully saturated rings. The van der Waals surface area contributed by atoms with Gasteiger partial charge in [-0.05, 0) is 18.4 Å². The third-order valence-corrected chi connectivity index (χ3v) is 2.78. The summed E-state index contributed by atoms with van der Waals surface area (Å²) in [6, 6.07) is 7.32. The zero-order valence-corrected chi connectivity index (χ0v) is 7.90. The first kappa shape index (κ1) is 9.13. The van der Waals surface area contributed by atoms with Crippen molar-refractivity contribution >= 4 is 12.1 Å². The Kier molecular flexibility index (Phi) is 2.44. The topological polar surface area (TPSA) is 34.1 Å². The van der Waals surface area contributed by atoms with Gasteiger partial charge in [0, 0.05) is 17.9 Å². The number of hydrogen-bond donors (Lipinski definition) is 0. The summed E-state index contributed by atoms with van der Waals surface area (Å²) in [6.07, 6.45) is 3.48. The van der Waals surface area contributed by atoms with Crippen LogP contribution in [0.25, 0.3) is 0 Å². The molecule has 0 aromatic heterocycles. The molecule has 72 valence electrons. The molecule has 1 atom stereocenters. The number of carbonyl (C=O) groups excluding carboxylic acids is 2. The number of benzene rings is 1. The Labute approximate surface area is 82.9 Å². The van der Waals surface area contributed by atoms with Crippen molar-refractivity contribution in [3.63, 3.8) is 0 Å². The molecule has 0 amide bonds. The molecule has 0 bridgehead atoms. The van der Waals surface area contributed by atoms with Gasteiger partial charge < -0.3 is 0 Å². The Morgan fingerprint density at radius 3 is 2.43 bits per heavy atom. The van der Waals surface area contributed by atoms with Crippen LogP contribution in [-0.2, 0) is 4.79 Å². The van der Waals surface area contributed by atoms with Gasteiger partial charge in [0.1, 0.15) is 12.1 Å². The maximum Gasteiger partial charge on any atom is 0.150 e. The Bertz CT molecular complexity index is 351. The molecule has 0 spiro atoms. The van der Waals surface area contributed by atoms with Crippen LogP contribution in [0.4, 0.5) is 0 Å². The smallest absolute Gasteiger partial charge is 0.150 e. The SMILES string of the molecule is O=Cc1ccc(C2CCCC2=O)cc1. The van der Waals surface area contributed by atoms with Crippen molar-refractivity contribution in [2.24, 2.45) is 0 Å². The molecule has 2 nitrogen and oxygen atoms in total. The van der Waals surface area contributed by atoms with Gasteiger partial charge in [-0.15, -0.1) is 0 Å². The van der Waals surface area contributed by atoms with Crippen molar-refractivity contribution in [1.29, 1.82) is 0 Å². The molecule has 1 aliphatic carbocycles. The lowest BCUT2D eigenvalue weighted by Crippen LogP contribution is -2.03. The second kappa shape index (κ2) is 3.74. The van der Waals surface area contributed by atoms with Crippen LogP contribution in [0.5, 0.6) is 0 Å². The van der Waals surface area contributed by atoms with E-state index in [0.29, 0.717) is 17.8 Å². The Morgan fingerprint density at radius 2 is 1.93 bits per heavy atom. The highest BCUT2D eigenvalue weighted by Crippen LogP contribution is 2.30. The maximum atomic E-state index is 11.5. The van der Waals surface area contributed by atoms with Crippen LogP contribution in [-0.4, -0.2) is 12.1 Å². The molecule has 0 radical (unpaired) electrons. The summed E-state index contributed by atoms with van der Waals surface area (Å²) < 4.78 is 0. The average Bonchev–Trinajstić information content (AvgIpc) is 2.65. The fourth-order valence-electron chi connectivity index (χ4n) is 1.98. The van der Waals surface area contributed by atoms with Crippen molar-refractivity contribution in [3.8, 4) is 0 Å². The van der Waals surface area contributed by atoms with Crippen molar-refractivity contribution < 1.29 is 9.59 Å². The van der Waals surface area contributed by atoms with E-state index in [1.54, 1.807) is 12.1 Å². The second-order valence-corrected chi connectivity index (χ2v) is 3.70. The van der Waals surface area contributed by atoms with Crippen LogP contribution < -0.4 is 0 Å². The van der Waals surface area contributed by atoms with E-state index in [2.05, 4.69) is 0 Å². The number of ketones is 1. The van der Waals surface area contributed by atoms with E-state index in [1.165, 1.54) is 0 Å². The fraction of sp³-hybridized carbons (Fsp3) is 0.333. The molecule has 1 aliphatic rings. The summed E-state index contributed by atoms with van der Waals surface area (Å²) in [6.45, 7) is 0. The lowest BCUT2D eigenvalue weighted by atomic mass is 9.96. The molecule has 1 aromatic rings. The van der Waals surface area contributed by atoms with Crippen LogP contribution in [0.3, 0.4) is 0 Å². The van der Waals surface area contributed by atoms with Gasteiger partial charge in [0.25, 0.3) is 0 Å². The molecule has 14 heavy (non-hydrogen) atoms. The summed E-state index contributed by atoms with van der Waals surface area (Å²) in [5, 5.41) is 0. The van der Waals surface area contributed by atoms with Crippen LogP contribution in [0.2, 0.25) is 0 Å². The molecule has 0 heterocycles. The van der Waals surface area contributed by atoms with Gasteiger partial charge in [-0.2, -0.15) is 0 Å². The summed E-state index contributed by atoms with van der Waals surface area (Å²) in [5.41, 5.74) is 1.72. The van der Waals surface area contributed by atoms with E-state index in [4.69, 9.17) is 0 Å². The predicted molar refractivity (Wildman–Crippen MR) is 53.4 cm³/mol. The van der Waals surface area contributed by atoms with Gasteiger partial charge >= 0.3 is 0 Å². The first-order chi connectivity index (χ1) is 6.81. The van der Waals surface area contributed by atoms with Crippen molar-refractivity contribution in [3.05, 3.63) is 35.4 Å². The number of Topliss-reactive ketones (excluding diaryl/α,β-unsaturated/α-hetero) is 1. The molecule has 0 aliphatic heterocycles. The molecular formula is C12H12O2. The second-order valence-electron chi connectivity index (χ2n) is 3.70. The largest absolute Gasteiger partial charge is 0.299 e. The van der Waals surface area contributed by atoms with Crippen LogP contribution in [0, 0.1) is 0 Å². The van der Waals surface area contributed by atoms with E-state index in [1.807, 2.05) is 12.1 Å². The summed E-state index contributed by atoms with van der Waals surface area (Å²) in [5.74, 6) is 0.416. The first-order valence-corrected chi connectivity index (χ1v) is 4.89. The highest BCUT2D eigenvalue weighted by molar-refractivity contribution is 5.87. The normalized spacial score (nSPS) is 21.1. The van der Waals surface area contributed by atoms with E-state index >= 15 is 0 Å². The van der Waals surface area contributed by atoms with E-state index < -0.39 is 0 Å². The fourth-order valence-corrected chi connectivity index (χ4v) is 1.98. The Hall–Kier alpha value is -1.44.